The van der Waals surface area contributed by atoms with Gasteiger partial charge >= 0.3 is 5.97 Å². The van der Waals surface area contributed by atoms with Gasteiger partial charge in [0.25, 0.3) is 0 Å². The molecule has 0 spiro atoms. The predicted octanol–water partition coefficient (Wildman–Crippen LogP) is 5.04. The minimum absolute atomic E-state index is 0.000201. The van der Waals surface area contributed by atoms with Crippen LogP contribution in [-0.2, 0) is 14.3 Å². The summed E-state index contributed by atoms with van der Waals surface area (Å²) in [4.78, 5) is 26.5. The minimum atomic E-state index is -0.646. The van der Waals surface area contributed by atoms with Gasteiger partial charge in [-0.25, -0.2) is 0 Å². The number of carbonyl (C=O) groups is 2. The van der Waals surface area contributed by atoms with Gasteiger partial charge in [-0.05, 0) is 30.8 Å². The first-order valence-corrected chi connectivity index (χ1v) is 12.6. The zero-order valence-corrected chi connectivity index (χ0v) is 20.3. The van der Waals surface area contributed by atoms with Gasteiger partial charge < -0.3 is 20.3 Å². The van der Waals surface area contributed by atoms with E-state index in [0.29, 0.717) is 24.8 Å². The van der Waals surface area contributed by atoms with Crippen LogP contribution in [0.15, 0.2) is 30.3 Å². The van der Waals surface area contributed by atoms with E-state index in [4.69, 9.17) is 17.0 Å². The van der Waals surface area contributed by atoms with Crippen LogP contribution in [-0.4, -0.2) is 47.6 Å². The fourth-order valence-corrected chi connectivity index (χ4v) is 4.21. The lowest BCUT2D eigenvalue weighted by Gasteiger charge is -2.36. The highest BCUT2D eigenvalue weighted by molar-refractivity contribution is 7.80. The maximum Gasteiger partial charge on any atom is 0.308 e. The Kier molecular flexibility index (Phi) is 12.7. The normalized spacial score (nSPS) is 15.8. The van der Waals surface area contributed by atoms with Gasteiger partial charge in [-0.15, -0.1) is 0 Å². The average molecular weight is 462 g/mol. The Bertz CT molecular complexity index is 699. The molecule has 0 aliphatic carbocycles. The molecule has 1 aromatic carbocycles. The van der Waals surface area contributed by atoms with Crippen molar-refractivity contribution in [1.29, 1.82) is 0 Å². The Labute approximate surface area is 198 Å². The molecule has 32 heavy (non-hydrogen) atoms. The van der Waals surface area contributed by atoms with Gasteiger partial charge in [0.15, 0.2) is 5.11 Å². The molecular formula is C25H39N3O3S. The van der Waals surface area contributed by atoms with Crippen LogP contribution in [0, 0.1) is 0 Å². The Morgan fingerprint density at radius 2 is 1.69 bits per heavy atom. The number of thiocarbonyl (C=S) groups is 1. The van der Waals surface area contributed by atoms with Crippen LogP contribution < -0.4 is 10.6 Å². The van der Waals surface area contributed by atoms with Crippen molar-refractivity contribution in [3.05, 3.63) is 30.3 Å². The first-order valence-electron chi connectivity index (χ1n) is 12.2. The molecule has 1 aromatic rings. The van der Waals surface area contributed by atoms with E-state index in [0.717, 1.165) is 18.5 Å². The molecule has 2 rings (SSSR count). The topological polar surface area (TPSA) is 70.7 Å². The molecule has 1 saturated heterocycles. The van der Waals surface area contributed by atoms with Gasteiger partial charge in [-0.2, -0.15) is 0 Å². The SMILES string of the molecule is CCCCCCCCCCCCOC(=O)CC1C(=O)NCCN1C(=S)Nc1ccccc1. The molecule has 1 heterocycles. The number of nitrogens with one attached hydrogen (secondary N) is 2. The quantitative estimate of drug-likeness (QED) is 0.230. The number of amides is 1. The van der Waals surface area contributed by atoms with Gasteiger partial charge in [0, 0.05) is 18.8 Å². The van der Waals surface area contributed by atoms with Gasteiger partial charge in [0.2, 0.25) is 5.91 Å². The zero-order valence-electron chi connectivity index (χ0n) is 19.4. The Balaban J connectivity index is 1.64. The molecule has 7 heteroatoms. The number of hydrogen-bond donors (Lipinski definition) is 2. The van der Waals surface area contributed by atoms with E-state index in [9.17, 15) is 9.59 Å². The molecule has 1 unspecified atom stereocenters. The van der Waals surface area contributed by atoms with E-state index < -0.39 is 6.04 Å². The van der Waals surface area contributed by atoms with Crippen LogP contribution in [0.25, 0.3) is 0 Å². The maximum absolute atomic E-state index is 12.4. The number of piperazine rings is 1. The van der Waals surface area contributed by atoms with Crippen LogP contribution in [0.5, 0.6) is 0 Å². The molecule has 0 aromatic heterocycles. The van der Waals surface area contributed by atoms with E-state index in [2.05, 4.69) is 17.6 Å². The number of carbonyl (C=O) groups excluding carboxylic acids is 2. The van der Waals surface area contributed by atoms with Gasteiger partial charge in [0.05, 0.1) is 13.0 Å². The van der Waals surface area contributed by atoms with Gasteiger partial charge in [0.1, 0.15) is 6.04 Å². The Hall–Kier alpha value is -2.15. The second-order valence-corrected chi connectivity index (χ2v) is 8.79. The van der Waals surface area contributed by atoms with Crippen molar-refractivity contribution in [3.63, 3.8) is 0 Å². The summed E-state index contributed by atoms with van der Waals surface area (Å²) in [5.74, 6) is -0.542. The van der Waals surface area contributed by atoms with Crippen molar-refractivity contribution in [3.8, 4) is 0 Å². The lowest BCUT2D eigenvalue weighted by atomic mass is 10.1. The molecule has 1 aliphatic heterocycles. The van der Waals surface area contributed by atoms with Crippen molar-refractivity contribution >= 4 is 34.9 Å². The second-order valence-electron chi connectivity index (χ2n) is 8.40. The number of benzene rings is 1. The number of unbranched alkanes of at least 4 members (excludes halogenated alkanes) is 9. The standard InChI is InChI=1S/C25H39N3O3S/c1-2-3-4-5-6-7-8-9-10-14-19-31-23(29)20-22-24(30)26-17-18-28(22)25(32)27-21-15-12-11-13-16-21/h11-13,15-16,22H,2-10,14,17-20H2,1H3,(H,26,30)(H,27,32). The van der Waals surface area contributed by atoms with E-state index >= 15 is 0 Å². The molecule has 2 N–H and O–H groups in total. The monoisotopic (exact) mass is 461 g/mol. The summed E-state index contributed by atoms with van der Waals surface area (Å²) in [5.41, 5.74) is 0.853. The van der Waals surface area contributed by atoms with Gasteiger partial charge in [-0.3, -0.25) is 9.59 Å². The third kappa shape index (κ3) is 9.98. The number of hydrogen-bond acceptors (Lipinski definition) is 4. The van der Waals surface area contributed by atoms with E-state index in [-0.39, 0.29) is 18.3 Å². The van der Waals surface area contributed by atoms with Crippen molar-refractivity contribution in [2.45, 2.75) is 83.6 Å². The number of ether oxygens (including phenoxy) is 1. The van der Waals surface area contributed by atoms with E-state index in [1.807, 2.05) is 30.3 Å². The molecule has 0 bridgehead atoms. The highest BCUT2D eigenvalue weighted by atomic mass is 32.1. The summed E-state index contributed by atoms with van der Waals surface area (Å²) < 4.78 is 5.40. The van der Waals surface area contributed by atoms with Crippen molar-refractivity contribution in [2.75, 3.05) is 25.0 Å². The van der Waals surface area contributed by atoms with Crippen LogP contribution in [0.1, 0.15) is 77.6 Å². The minimum Gasteiger partial charge on any atom is -0.466 e. The first-order chi connectivity index (χ1) is 15.6. The average Bonchev–Trinajstić information content (AvgIpc) is 2.79. The molecule has 0 radical (unpaired) electrons. The predicted molar refractivity (Wildman–Crippen MR) is 134 cm³/mol. The third-order valence-corrected chi connectivity index (χ3v) is 6.07. The van der Waals surface area contributed by atoms with Gasteiger partial charge in [-0.1, -0.05) is 82.9 Å². The van der Waals surface area contributed by atoms with Crippen molar-refractivity contribution in [2.24, 2.45) is 0 Å². The summed E-state index contributed by atoms with van der Waals surface area (Å²) in [7, 11) is 0. The summed E-state index contributed by atoms with van der Waals surface area (Å²) in [6.45, 7) is 3.71. The highest BCUT2D eigenvalue weighted by Gasteiger charge is 2.33. The van der Waals surface area contributed by atoms with Crippen molar-refractivity contribution in [1.82, 2.24) is 10.2 Å². The number of esters is 1. The third-order valence-electron chi connectivity index (χ3n) is 5.74. The molecule has 178 valence electrons. The van der Waals surface area contributed by atoms with Crippen LogP contribution in [0.3, 0.4) is 0 Å². The largest absolute Gasteiger partial charge is 0.466 e. The number of anilines is 1. The van der Waals surface area contributed by atoms with Crippen LogP contribution >= 0.6 is 12.2 Å². The summed E-state index contributed by atoms with van der Waals surface area (Å²) in [6, 6.07) is 8.92. The summed E-state index contributed by atoms with van der Waals surface area (Å²) in [6.07, 6.45) is 12.4. The molecule has 1 aliphatic rings. The Morgan fingerprint density at radius 3 is 2.34 bits per heavy atom. The molecule has 1 amide bonds. The van der Waals surface area contributed by atoms with Crippen LogP contribution in [0.2, 0.25) is 0 Å². The number of para-hydroxylation sites is 1. The Morgan fingerprint density at radius 1 is 1.06 bits per heavy atom. The summed E-state index contributed by atoms with van der Waals surface area (Å²) >= 11 is 5.51. The zero-order chi connectivity index (χ0) is 23.0. The smallest absolute Gasteiger partial charge is 0.308 e. The first kappa shape index (κ1) is 26.1. The molecule has 6 nitrogen and oxygen atoms in total. The van der Waals surface area contributed by atoms with Crippen LogP contribution in [0.4, 0.5) is 5.69 Å². The van der Waals surface area contributed by atoms with E-state index in [1.54, 1.807) is 4.90 Å². The number of rotatable bonds is 14. The van der Waals surface area contributed by atoms with Crippen molar-refractivity contribution < 1.29 is 14.3 Å². The second kappa shape index (κ2) is 15.6. The molecular weight excluding hydrogens is 422 g/mol. The molecule has 0 saturated carbocycles. The summed E-state index contributed by atoms with van der Waals surface area (Å²) in [5, 5.41) is 6.42. The maximum atomic E-state index is 12.4. The lowest BCUT2D eigenvalue weighted by molar-refractivity contribution is -0.147. The number of nitrogens with zero attached hydrogens (tertiary/aromatic N) is 1. The molecule has 1 fully saturated rings. The van der Waals surface area contributed by atoms with E-state index in [1.165, 1.54) is 51.4 Å². The fourth-order valence-electron chi connectivity index (χ4n) is 3.87. The fraction of sp³-hybridized carbons (Fsp3) is 0.640. The lowest BCUT2D eigenvalue weighted by Crippen LogP contribution is -2.58. The molecule has 1 atom stereocenters. The highest BCUT2D eigenvalue weighted by Crippen LogP contribution is 2.15.